The number of nitrogens with one attached hydrogen (secondary N) is 1. The molecule has 3 rings (SSSR count). The van der Waals surface area contributed by atoms with Crippen molar-refractivity contribution in [3.63, 3.8) is 0 Å². The lowest BCUT2D eigenvalue weighted by atomic mass is 10.0. The average Bonchev–Trinajstić information content (AvgIpc) is 3.07. The maximum absolute atomic E-state index is 12.5. The van der Waals surface area contributed by atoms with Crippen LogP contribution in [0.5, 0.6) is 5.75 Å². The molecule has 0 bridgehead atoms. The van der Waals surface area contributed by atoms with Gasteiger partial charge in [0.1, 0.15) is 5.75 Å². The van der Waals surface area contributed by atoms with Crippen molar-refractivity contribution in [2.45, 2.75) is 19.8 Å². The molecule has 0 aliphatic carbocycles. The number of aryl methyl sites for hydroxylation is 1. The third-order valence-electron chi connectivity index (χ3n) is 4.13. The summed E-state index contributed by atoms with van der Waals surface area (Å²) < 4.78 is 7.37. The molecule has 0 spiro atoms. The first-order valence-corrected chi connectivity index (χ1v) is 8.13. The predicted octanol–water partition coefficient (Wildman–Crippen LogP) is 3.93. The molecule has 0 fully saturated rings. The van der Waals surface area contributed by atoms with E-state index in [4.69, 9.17) is 4.74 Å². The highest BCUT2D eigenvalue weighted by atomic mass is 16.5. The van der Waals surface area contributed by atoms with Gasteiger partial charge in [-0.3, -0.25) is 4.79 Å². The normalized spacial score (nSPS) is 11.8. The fourth-order valence-corrected chi connectivity index (χ4v) is 2.67. The largest absolute Gasteiger partial charge is 0.494 e. The number of hydrogen-bond donors (Lipinski definition) is 1. The molecule has 0 saturated carbocycles. The zero-order valence-corrected chi connectivity index (χ0v) is 14.6. The number of rotatable bonds is 5. The van der Waals surface area contributed by atoms with Gasteiger partial charge in [-0.25, -0.2) is 4.98 Å². The number of anilines is 1. The minimum atomic E-state index is -0.233. The highest BCUT2D eigenvalue weighted by Gasteiger charge is 2.16. The third kappa shape index (κ3) is 3.71. The molecule has 0 radical (unpaired) electrons. The van der Waals surface area contributed by atoms with Crippen LogP contribution in [0.1, 0.15) is 24.1 Å². The Kier molecular flexibility index (Phi) is 4.84. The van der Waals surface area contributed by atoms with Gasteiger partial charge in [-0.05, 0) is 31.5 Å². The van der Waals surface area contributed by atoms with Crippen LogP contribution in [0, 0.1) is 6.92 Å². The lowest BCUT2D eigenvalue weighted by Gasteiger charge is -2.15. The molecule has 0 aliphatic heterocycles. The standard InChI is InChI=1S/C20H21N3O2/c1-14-12-23(13-21-14)18-10-9-17(11-19(18)25-3)22-20(24)15(2)16-7-5-4-6-8-16/h4-13,15H,1-3H3,(H,22,24). The van der Waals surface area contributed by atoms with E-state index in [1.54, 1.807) is 13.4 Å². The van der Waals surface area contributed by atoms with E-state index in [9.17, 15) is 4.79 Å². The minimum absolute atomic E-state index is 0.0560. The molecule has 25 heavy (non-hydrogen) atoms. The van der Waals surface area contributed by atoms with Crippen molar-refractivity contribution in [2.24, 2.45) is 0 Å². The number of methoxy groups -OCH3 is 1. The van der Waals surface area contributed by atoms with Crippen molar-refractivity contribution in [1.29, 1.82) is 0 Å². The first-order valence-electron chi connectivity index (χ1n) is 8.13. The summed E-state index contributed by atoms with van der Waals surface area (Å²) in [5.41, 5.74) is 3.48. The van der Waals surface area contributed by atoms with Crippen molar-refractivity contribution < 1.29 is 9.53 Å². The first-order chi connectivity index (χ1) is 12.1. The van der Waals surface area contributed by atoms with Crippen LogP contribution in [0.3, 0.4) is 0 Å². The maximum Gasteiger partial charge on any atom is 0.231 e. The zero-order chi connectivity index (χ0) is 17.8. The Hall–Kier alpha value is -3.08. The number of imidazole rings is 1. The molecule has 128 valence electrons. The summed E-state index contributed by atoms with van der Waals surface area (Å²) in [6.45, 7) is 3.83. The Labute approximate surface area is 147 Å². The Bertz CT molecular complexity index is 872. The molecule has 5 nitrogen and oxygen atoms in total. The van der Waals surface area contributed by atoms with E-state index < -0.39 is 0 Å². The molecule has 2 aromatic carbocycles. The van der Waals surface area contributed by atoms with Crippen molar-refractivity contribution in [3.05, 3.63) is 72.3 Å². The molecule has 1 aromatic heterocycles. The van der Waals surface area contributed by atoms with Gasteiger partial charge in [-0.1, -0.05) is 30.3 Å². The Morgan fingerprint density at radius 2 is 1.96 bits per heavy atom. The molecular formula is C20H21N3O2. The van der Waals surface area contributed by atoms with Gasteiger partial charge in [0.2, 0.25) is 5.91 Å². The molecule has 1 atom stereocenters. The summed E-state index contributed by atoms with van der Waals surface area (Å²) in [4.78, 5) is 16.7. The SMILES string of the molecule is COc1cc(NC(=O)C(C)c2ccccc2)ccc1-n1cnc(C)c1. The number of carbonyl (C=O) groups excluding carboxylic acids is 1. The summed E-state index contributed by atoms with van der Waals surface area (Å²) in [6, 6.07) is 15.3. The molecule has 0 aliphatic rings. The quantitative estimate of drug-likeness (QED) is 0.768. The van der Waals surface area contributed by atoms with Crippen LogP contribution in [-0.2, 0) is 4.79 Å². The van der Waals surface area contributed by atoms with Crippen LogP contribution in [0.15, 0.2) is 61.1 Å². The van der Waals surface area contributed by atoms with Crippen molar-refractivity contribution in [1.82, 2.24) is 9.55 Å². The second-order valence-corrected chi connectivity index (χ2v) is 5.93. The molecule has 1 N–H and O–H groups in total. The molecule has 5 heteroatoms. The van der Waals surface area contributed by atoms with Gasteiger partial charge < -0.3 is 14.6 Å². The van der Waals surface area contributed by atoms with Gasteiger partial charge in [0.25, 0.3) is 0 Å². The fourth-order valence-electron chi connectivity index (χ4n) is 2.67. The number of ether oxygens (including phenoxy) is 1. The van der Waals surface area contributed by atoms with Crippen LogP contribution in [0.2, 0.25) is 0 Å². The molecule has 0 saturated heterocycles. The number of hydrogen-bond acceptors (Lipinski definition) is 3. The Balaban J connectivity index is 1.80. The Morgan fingerprint density at radius 3 is 2.60 bits per heavy atom. The number of nitrogens with zero attached hydrogens (tertiary/aromatic N) is 2. The zero-order valence-electron chi connectivity index (χ0n) is 14.6. The highest BCUT2D eigenvalue weighted by Crippen LogP contribution is 2.27. The summed E-state index contributed by atoms with van der Waals surface area (Å²) in [7, 11) is 1.61. The number of aromatic nitrogens is 2. The fraction of sp³-hybridized carbons (Fsp3) is 0.200. The summed E-state index contributed by atoms with van der Waals surface area (Å²) >= 11 is 0. The van der Waals surface area contributed by atoms with E-state index in [-0.39, 0.29) is 11.8 Å². The van der Waals surface area contributed by atoms with E-state index in [2.05, 4.69) is 10.3 Å². The number of amides is 1. The highest BCUT2D eigenvalue weighted by molar-refractivity contribution is 5.95. The lowest BCUT2D eigenvalue weighted by Crippen LogP contribution is -2.18. The van der Waals surface area contributed by atoms with Crippen molar-refractivity contribution in [3.8, 4) is 11.4 Å². The second kappa shape index (κ2) is 7.21. The van der Waals surface area contributed by atoms with E-state index in [1.807, 2.05) is 73.1 Å². The summed E-state index contributed by atoms with van der Waals surface area (Å²) in [5, 5.41) is 2.95. The monoisotopic (exact) mass is 335 g/mol. The van der Waals surface area contributed by atoms with Gasteiger partial charge in [0, 0.05) is 18.0 Å². The smallest absolute Gasteiger partial charge is 0.231 e. The molecule has 1 heterocycles. The molecule has 1 unspecified atom stereocenters. The summed E-state index contributed by atoms with van der Waals surface area (Å²) in [6.07, 6.45) is 3.66. The average molecular weight is 335 g/mol. The Morgan fingerprint density at radius 1 is 1.20 bits per heavy atom. The van der Waals surface area contributed by atoms with E-state index >= 15 is 0 Å². The van der Waals surface area contributed by atoms with Crippen LogP contribution >= 0.6 is 0 Å². The van der Waals surface area contributed by atoms with Crippen molar-refractivity contribution >= 4 is 11.6 Å². The van der Waals surface area contributed by atoms with Crippen LogP contribution in [0.4, 0.5) is 5.69 Å². The van der Waals surface area contributed by atoms with Crippen LogP contribution < -0.4 is 10.1 Å². The maximum atomic E-state index is 12.5. The minimum Gasteiger partial charge on any atom is -0.494 e. The summed E-state index contributed by atoms with van der Waals surface area (Å²) in [5.74, 6) is 0.380. The van der Waals surface area contributed by atoms with Gasteiger partial charge in [0.15, 0.2) is 0 Å². The first kappa shape index (κ1) is 16.8. The van der Waals surface area contributed by atoms with Crippen molar-refractivity contribution in [2.75, 3.05) is 12.4 Å². The van der Waals surface area contributed by atoms with E-state index in [0.717, 1.165) is 16.9 Å². The molecular weight excluding hydrogens is 314 g/mol. The molecule has 1 amide bonds. The van der Waals surface area contributed by atoms with Gasteiger partial charge >= 0.3 is 0 Å². The second-order valence-electron chi connectivity index (χ2n) is 5.93. The topological polar surface area (TPSA) is 56.1 Å². The third-order valence-corrected chi connectivity index (χ3v) is 4.13. The van der Waals surface area contributed by atoms with Gasteiger partial charge in [-0.2, -0.15) is 0 Å². The predicted molar refractivity (Wildman–Crippen MR) is 98.3 cm³/mol. The lowest BCUT2D eigenvalue weighted by molar-refractivity contribution is -0.117. The number of benzene rings is 2. The number of carbonyl (C=O) groups is 1. The van der Waals surface area contributed by atoms with Gasteiger partial charge in [-0.15, -0.1) is 0 Å². The van der Waals surface area contributed by atoms with E-state index in [1.165, 1.54) is 0 Å². The van der Waals surface area contributed by atoms with Crippen LogP contribution in [0.25, 0.3) is 5.69 Å². The van der Waals surface area contributed by atoms with Crippen LogP contribution in [-0.4, -0.2) is 22.6 Å². The molecule has 3 aromatic rings. The van der Waals surface area contributed by atoms with Gasteiger partial charge in [0.05, 0.1) is 30.7 Å². The van der Waals surface area contributed by atoms with E-state index in [0.29, 0.717) is 11.4 Å².